The van der Waals surface area contributed by atoms with Crippen LogP contribution in [-0.2, 0) is 0 Å². The van der Waals surface area contributed by atoms with Gasteiger partial charge in [0.05, 0.1) is 0 Å². The molecule has 5 heterocycles. The number of hydrogen-bond acceptors (Lipinski definition) is 5. The number of likely N-dealkylation sites (tertiary alicyclic amines) is 1. The highest BCUT2D eigenvalue weighted by atomic mass is 15.3. The van der Waals surface area contributed by atoms with Crippen LogP contribution in [-0.4, -0.2) is 120 Å². The van der Waals surface area contributed by atoms with Gasteiger partial charge in [-0.2, -0.15) is 0 Å². The quantitative estimate of drug-likeness (QED) is 0.280. The van der Waals surface area contributed by atoms with E-state index in [0.717, 1.165) is 59.8 Å². The van der Waals surface area contributed by atoms with Crippen LogP contribution in [0.1, 0.15) is 232 Å². The summed E-state index contributed by atoms with van der Waals surface area (Å²) in [5.74, 6) is 4.63. The first-order valence-electron chi connectivity index (χ1n) is 26.7. The predicted molar refractivity (Wildman–Crippen MR) is 280 cm³/mol. The van der Waals surface area contributed by atoms with Crippen molar-refractivity contribution in [3.8, 4) is 0 Å². The monoisotopic (exact) mass is 844 g/mol. The first-order valence-corrected chi connectivity index (χ1v) is 26.7. The number of rotatable bonds is 3. The lowest BCUT2D eigenvalue weighted by Crippen LogP contribution is -2.52. The third-order valence-corrected chi connectivity index (χ3v) is 10.2. The highest BCUT2D eigenvalue weighted by Gasteiger charge is 2.36. The maximum Gasteiger partial charge on any atom is 0.0224 e. The summed E-state index contributed by atoms with van der Waals surface area (Å²) in [7, 11) is 0. The number of nitrogens with zero attached hydrogens (tertiary/aromatic N) is 5. The molecule has 0 radical (unpaired) electrons. The fourth-order valence-corrected chi connectivity index (χ4v) is 7.66. The number of hydrogen-bond donors (Lipinski definition) is 0. The molecule has 0 N–H and O–H groups in total. The topological polar surface area (TPSA) is 16.2 Å². The summed E-state index contributed by atoms with van der Waals surface area (Å²) in [5.41, 5.74) is 0. The number of fused-ring (bicyclic) bond motifs is 3. The van der Waals surface area contributed by atoms with Gasteiger partial charge in [-0.3, -0.25) is 19.6 Å². The van der Waals surface area contributed by atoms with E-state index in [-0.39, 0.29) is 0 Å². The average molecular weight is 845 g/mol. The van der Waals surface area contributed by atoms with Crippen LogP contribution >= 0.6 is 0 Å². The molecule has 6 fully saturated rings. The molecular formula is C54H125N5. The summed E-state index contributed by atoms with van der Waals surface area (Å²) in [6.45, 7) is 70.7. The van der Waals surface area contributed by atoms with Gasteiger partial charge in [-0.25, -0.2) is 0 Å². The largest absolute Gasteiger partial charge is 0.300 e. The van der Waals surface area contributed by atoms with Crippen molar-refractivity contribution in [2.75, 3.05) is 65.4 Å². The second kappa shape index (κ2) is 48.8. The van der Waals surface area contributed by atoms with Gasteiger partial charge in [-0.05, 0) is 123 Å². The fourth-order valence-electron chi connectivity index (χ4n) is 7.66. The molecule has 0 bridgehead atoms. The van der Waals surface area contributed by atoms with Gasteiger partial charge in [0.25, 0.3) is 0 Å². The molecule has 0 spiro atoms. The van der Waals surface area contributed by atoms with E-state index < -0.39 is 0 Å². The molecule has 4 atom stereocenters. The Morgan fingerprint density at radius 3 is 0.780 bits per heavy atom. The SMILES string of the molecule is CC.CC.CC.CC.CC.CC.CC(C)C.CC(C)C.CC(C)C.CC(C)N1CC2CCCC2C1.CC(C)N1CCN2CCCC2C1.CC(C)N1CCN2CCCC2C1. The van der Waals surface area contributed by atoms with E-state index >= 15 is 0 Å². The first-order chi connectivity index (χ1) is 28.0. The lowest BCUT2D eigenvalue weighted by molar-refractivity contribution is 0.0827. The molecule has 4 unspecified atom stereocenters. The first kappa shape index (κ1) is 70.5. The van der Waals surface area contributed by atoms with Crippen LogP contribution < -0.4 is 0 Å². The molecule has 5 aliphatic heterocycles. The van der Waals surface area contributed by atoms with Crippen molar-refractivity contribution in [1.82, 2.24) is 24.5 Å². The Labute approximate surface area is 380 Å². The second-order valence-electron chi connectivity index (χ2n) is 18.5. The smallest absolute Gasteiger partial charge is 0.0224 e. The van der Waals surface area contributed by atoms with Crippen LogP contribution in [0.25, 0.3) is 0 Å². The molecule has 0 aromatic rings. The Hall–Kier alpha value is -0.200. The maximum absolute atomic E-state index is 2.67. The Kier molecular flexibility index (Phi) is 58.3. The van der Waals surface area contributed by atoms with E-state index in [2.05, 4.69) is 128 Å². The maximum atomic E-state index is 2.67. The third kappa shape index (κ3) is 39.2. The summed E-state index contributed by atoms with van der Waals surface area (Å²) in [6.07, 6.45) is 10.2. The highest BCUT2D eigenvalue weighted by Crippen LogP contribution is 2.38. The van der Waals surface area contributed by atoms with E-state index in [0.29, 0.717) is 0 Å². The van der Waals surface area contributed by atoms with E-state index in [9.17, 15) is 0 Å². The molecule has 1 saturated carbocycles. The van der Waals surface area contributed by atoms with Crippen molar-refractivity contribution < 1.29 is 0 Å². The predicted octanol–water partition coefficient (Wildman–Crippen LogP) is 15.6. The van der Waals surface area contributed by atoms with Gasteiger partial charge < -0.3 is 4.90 Å². The lowest BCUT2D eigenvalue weighted by Gasteiger charge is -2.39. The lowest BCUT2D eigenvalue weighted by atomic mass is 10.0. The van der Waals surface area contributed by atoms with Crippen LogP contribution in [0, 0.1) is 29.6 Å². The highest BCUT2D eigenvalue weighted by molar-refractivity contribution is 4.90. The third-order valence-electron chi connectivity index (χ3n) is 10.2. The molecular weight excluding hydrogens is 719 g/mol. The minimum Gasteiger partial charge on any atom is -0.300 e. The molecule has 0 aromatic heterocycles. The molecule has 0 aromatic carbocycles. The zero-order valence-corrected chi connectivity index (χ0v) is 47.0. The summed E-state index contributed by atoms with van der Waals surface area (Å²) in [5, 5.41) is 0. The van der Waals surface area contributed by atoms with Gasteiger partial charge in [0.1, 0.15) is 0 Å². The van der Waals surface area contributed by atoms with E-state index in [1.54, 1.807) is 0 Å². The van der Waals surface area contributed by atoms with Crippen molar-refractivity contribution in [2.24, 2.45) is 29.6 Å². The minimum atomic E-state index is 0.743. The summed E-state index contributed by atoms with van der Waals surface area (Å²) in [4.78, 5) is 13.2. The molecule has 5 saturated heterocycles. The Morgan fingerprint density at radius 1 is 0.288 bits per heavy atom. The Morgan fingerprint density at radius 2 is 0.542 bits per heavy atom. The van der Waals surface area contributed by atoms with Crippen LogP contribution in [0.2, 0.25) is 0 Å². The molecule has 5 heteroatoms. The molecule has 59 heavy (non-hydrogen) atoms. The standard InChI is InChI=1S/2C10H20N2.C10H19N.3C4H10.6C2H6/c2*1-9(2)12-7-6-11-5-3-4-10(11)8-12;1-8(2)11-6-9-4-3-5-10(9)7-11;3*1-4(2)3;6*1-2/h2*9-10H,3-8H2,1-2H3;8-10H,3-7H2,1-2H3;3*4H,1-3H3;6*1-2H3. The van der Waals surface area contributed by atoms with Gasteiger partial charge >= 0.3 is 0 Å². The van der Waals surface area contributed by atoms with Crippen molar-refractivity contribution in [1.29, 1.82) is 0 Å². The molecule has 1 aliphatic carbocycles. The Balaban J connectivity index is -0.000000142. The van der Waals surface area contributed by atoms with Crippen molar-refractivity contribution in [3.05, 3.63) is 0 Å². The van der Waals surface area contributed by atoms with Crippen LogP contribution in [0.3, 0.4) is 0 Å². The van der Waals surface area contributed by atoms with Gasteiger partial charge in [0, 0.05) is 82.6 Å². The molecule has 5 nitrogen and oxygen atoms in total. The van der Waals surface area contributed by atoms with E-state index in [4.69, 9.17) is 0 Å². The van der Waals surface area contributed by atoms with Gasteiger partial charge in [0.15, 0.2) is 0 Å². The van der Waals surface area contributed by atoms with Gasteiger partial charge in [-0.1, -0.05) is 152 Å². The summed E-state index contributed by atoms with van der Waals surface area (Å²) < 4.78 is 0. The van der Waals surface area contributed by atoms with Crippen LogP contribution in [0.4, 0.5) is 0 Å². The molecule has 366 valence electrons. The van der Waals surface area contributed by atoms with Gasteiger partial charge in [0.2, 0.25) is 0 Å². The van der Waals surface area contributed by atoms with Crippen LogP contribution in [0.15, 0.2) is 0 Å². The molecule has 6 rings (SSSR count). The van der Waals surface area contributed by atoms with Gasteiger partial charge in [-0.15, -0.1) is 0 Å². The fraction of sp³-hybridized carbons (Fsp3) is 1.00. The zero-order valence-electron chi connectivity index (χ0n) is 47.0. The van der Waals surface area contributed by atoms with Crippen molar-refractivity contribution >= 4 is 0 Å². The normalized spacial score (nSPS) is 22.9. The number of piperazine rings is 2. The van der Waals surface area contributed by atoms with Crippen LogP contribution in [0.5, 0.6) is 0 Å². The summed E-state index contributed by atoms with van der Waals surface area (Å²) >= 11 is 0. The average Bonchev–Trinajstić information content (AvgIpc) is 4.04. The minimum absolute atomic E-state index is 0.743. The van der Waals surface area contributed by atoms with Crippen molar-refractivity contribution in [3.63, 3.8) is 0 Å². The second-order valence-corrected chi connectivity index (χ2v) is 18.5. The molecule has 0 amide bonds. The zero-order chi connectivity index (χ0) is 47.7. The van der Waals surface area contributed by atoms with Crippen molar-refractivity contribution in [2.45, 2.75) is 262 Å². The van der Waals surface area contributed by atoms with E-state index in [1.807, 2.05) is 83.1 Å². The summed E-state index contributed by atoms with van der Waals surface area (Å²) in [6, 6.07) is 4.04. The van der Waals surface area contributed by atoms with E-state index in [1.165, 1.54) is 110 Å². The molecule has 6 aliphatic rings. The Bertz CT molecular complexity index is 680.